The zero-order valence-corrected chi connectivity index (χ0v) is 9.32. The third kappa shape index (κ3) is 2.28. The number of nitrogens with two attached hydrogens (primary N) is 2. The summed E-state index contributed by atoms with van der Waals surface area (Å²) < 4.78 is 76.5. The predicted molar refractivity (Wildman–Crippen MR) is 54.7 cm³/mol. The maximum Gasteiger partial charge on any atom is 0.419 e. The third-order valence-electron chi connectivity index (χ3n) is 2.37. The SMILES string of the molecule is N#Cc1c(N)c(C(F)(F)F)c(C(F)(F)F)c(N)c1C#N. The molecule has 1 rings (SSSR count). The molecule has 0 fully saturated rings. The van der Waals surface area contributed by atoms with Crippen molar-refractivity contribution in [2.24, 2.45) is 0 Å². The molecule has 0 saturated heterocycles. The molecule has 106 valence electrons. The summed E-state index contributed by atoms with van der Waals surface area (Å²) in [6.45, 7) is 0. The number of nitrogens with zero attached hydrogens (tertiary/aromatic N) is 2. The fourth-order valence-corrected chi connectivity index (χ4v) is 1.61. The molecule has 0 aliphatic carbocycles. The molecule has 0 unspecified atom stereocenters. The number of benzene rings is 1. The minimum Gasteiger partial charge on any atom is -0.397 e. The third-order valence-corrected chi connectivity index (χ3v) is 2.37. The molecule has 0 aromatic heterocycles. The molecule has 10 heteroatoms. The fraction of sp³-hybridized carbons (Fsp3) is 0.200. The smallest absolute Gasteiger partial charge is 0.397 e. The normalized spacial score (nSPS) is 11.8. The van der Waals surface area contributed by atoms with E-state index in [1.165, 1.54) is 0 Å². The molecule has 0 saturated carbocycles. The van der Waals surface area contributed by atoms with Gasteiger partial charge in [-0.15, -0.1) is 0 Å². The van der Waals surface area contributed by atoms with Gasteiger partial charge in [0.2, 0.25) is 0 Å². The van der Waals surface area contributed by atoms with Gasteiger partial charge in [-0.25, -0.2) is 0 Å². The number of halogens is 6. The quantitative estimate of drug-likeness (QED) is 0.567. The maximum atomic E-state index is 12.7. The van der Waals surface area contributed by atoms with E-state index in [0.29, 0.717) is 0 Å². The van der Waals surface area contributed by atoms with Crippen molar-refractivity contribution in [2.45, 2.75) is 12.4 Å². The van der Waals surface area contributed by atoms with Crippen LogP contribution in [0.2, 0.25) is 0 Å². The van der Waals surface area contributed by atoms with Crippen molar-refractivity contribution in [2.75, 3.05) is 11.5 Å². The lowest BCUT2D eigenvalue weighted by Crippen LogP contribution is -2.23. The molecule has 0 heterocycles. The largest absolute Gasteiger partial charge is 0.419 e. The molecule has 0 bridgehead atoms. The van der Waals surface area contributed by atoms with Gasteiger partial charge in [0.1, 0.15) is 12.1 Å². The fourth-order valence-electron chi connectivity index (χ4n) is 1.61. The summed E-state index contributed by atoms with van der Waals surface area (Å²) in [5.74, 6) is 0. The van der Waals surface area contributed by atoms with Gasteiger partial charge in [-0.05, 0) is 0 Å². The van der Waals surface area contributed by atoms with E-state index in [-0.39, 0.29) is 0 Å². The van der Waals surface area contributed by atoms with E-state index in [2.05, 4.69) is 0 Å². The monoisotopic (exact) mass is 294 g/mol. The van der Waals surface area contributed by atoms with Gasteiger partial charge in [-0.3, -0.25) is 0 Å². The first-order valence-corrected chi connectivity index (χ1v) is 4.66. The highest BCUT2D eigenvalue weighted by molar-refractivity contribution is 5.79. The van der Waals surface area contributed by atoms with E-state index in [4.69, 9.17) is 22.0 Å². The van der Waals surface area contributed by atoms with Crippen molar-refractivity contribution in [1.82, 2.24) is 0 Å². The molecule has 1 aromatic rings. The van der Waals surface area contributed by atoms with Gasteiger partial charge in [-0.2, -0.15) is 36.9 Å². The van der Waals surface area contributed by atoms with Crippen molar-refractivity contribution in [1.29, 1.82) is 10.5 Å². The second-order valence-corrected chi connectivity index (χ2v) is 3.55. The van der Waals surface area contributed by atoms with Crippen LogP contribution in [-0.4, -0.2) is 0 Å². The summed E-state index contributed by atoms with van der Waals surface area (Å²) in [5.41, 5.74) is 0.394. The van der Waals surface area contributed by atoms with Crippen LogP contribution in [0.5, 0.6) is 0 Å². The van der Waals surface area contributed by atoms with E-state index >= 15 is 0 Å². The molecule has 20 heavy (non-hydrogen) atoms. The second-order valence-electron chi connectivity index (χ2n) is 3.55. The summed E-state index contributed by atoms with van der Waals surface area (Å²) in [7, 11) is 0. The van der Waals surface area contributed by atoms with E-state index in [1.807, 2.05) is 0 Å². The average molecular weight is 294 g/mol. The van der Waals surface area contributed by atoms with Crippen molar-refractivity contribution in [3.63, 3.8) is 0 Å². The van der Waals surface area contributed by atoms with Gasteiger partial charge in [0, 0.05) is 0 Å². The lowest BCUT2D eigenvalue weighted by Gasteiger charge is -2.21. The lowest BCUT2D eigenvalue weighted by atomic mass is 9.93. The Labute approximate surface area is 107 Å². The Morgan fingerprint density at radius 1 is 0.700 bits per heavy atom. The number of nitrogen functional groups attached to an aromatic ring is 2. The van der Waals surface area contributed by atoms with Crippen LogP contribution in [0.15, 0.2) is 0 Å². The summed E-state index contributed by atoms with van der Waals surface area (Å²) in [5, 5.41) is 17.3. The molecule has 0 atom stereocenters. The molecular formula is C10H4F6N4. The summed E-state index contributed by atoms with van der Waals surface area (Å²) in [6.07, 6.45) is -11.0. The number of anilines is 2. The van der Waals surface area contributed by atoms with Crippen LogP contribution in [0.3, 0.4) is 0 Å². The molecule has 0 amide bonds. The van der Waals surface area contributed by atoms with Crippen LogP contribution in [0, 0.1) is 22.7 Å². The Morgan fingerprint density at radius 3 is 1.10 bits per heavy atom. The Balaban J connectivity index is 4.09. The Morgan fingerprint density at radius 2 is 0.950 bits per heavy atom. The first-order valence-electron chi connectivity index (χ1n) is 4.66. The maximum absolute atomic E-state index is 12.7. The van der Waals surface area contributed by atoms with E-state index in [0.717, 1.165) is 12.1 Å². The molecule has 0 radical (unpaired) electrons. The van der Waals surface area contributed by atoms with Crippen molar-refractivity contribution < 1.29 is 26.3 Å². The number of alkyl halides is 6. The molecule has 4 N–H and O–H groups in total. The highest BCUT2D eigenvalue weighted by atomic mass is 19.4. The van der Waals surface area contributed by atoms with Crippen molar-refractivity contribution >= 4 is 11.4 Å². The Bertz CT molecular complexity index is 587. The van der Waals surface area contributed by atoms with Crippen LogP contribution in [0.4, 0.5) is 37.7 Å². The average Bonchev–Trinajstić information content (AvgIpc) is 2.27. The zero-order valence-electron chi connectivity index (χ0n) is 9.32. The minimum atomic E-state index is -5.48. The van der Waals surface area contributed by atoms with Gasteiger partial charge >= 0.3 is 12.4 Å². The number of hydrogen-bond acceptors (Lipinski definition) is 4. The van der Waals surface area contributed by atoms with Crippen LogP contribution < -0.4 is 11.5 Å². The van der Waals surface area contributed by atoms with Crippen LogP contribution in [0.1, 0.15) is 22.3 Å². The van der Waals surface area contributed by atoms with Crippen LogP contribution >= 0.6 is 0 Å². The summed E-state index contributed by atoms with van der Waals surface area (Å²) in [6, 6.07) is 2.30. The topological polar surface area (TPSA) is 99.6 Å². The van der Waals surface area contributed by atoms with E-state index in [1.54, 1.807) is 0 Å². The summed E-state index contributed by atoms with van der Waals surface area (Å²) >= 11 is 0. The molecule has 0 aliphatic rings. The van der Waals surface area contributed by atoms with E-state index < -0.39 is 46.0 Å². The number of nitriles is 2. The van der Waals surface area contributed by atoms with Crippen molar-refractivity contribution in [3.05, 3.63) is 22.3 Å². The van der Waals surface area contributed by atoms with Crippen molar-refractivity contribution in [3.8, 4) is 12.1 Å². The highest BCUT2D eigenvalue weighted by Crippen LogP contribution is 2.48. The van der Waals surface area contributed by atoms with Crippen LogP contribution in [0.25, 0.3) is 0 Å². The Hall–Kier alpha value is -2.62. The minimum absolute atomic E-state index is 1.04. The Kier molecular flexibility index (Phi) is 3.46. The van der Waals surface area contributed by atoms with E-state index in [9.17, 15) is 26.3 Å². The van der Waals surface area contributed by atoms with Gasteiger partial charge in [0.25, 0.3) is 0 Å². The first-order chi connectivity index (χ1) is 8.96. The lowest BCUT2D eigenvalue weighted by molar-refractivity contribution is -0.161. The highest BCUT2D eigenvalue weighted by Gasteiger charge is 2.48. The molecule has 4 nitrogen and oxygen atoms in total. The van der Waals surface area contributed by atoms with Crippen LogP contribution in [-0.2, 0) is 12.4 Å². The molecule has 1 aromatic carbocycles. The molecular weight excluding hydrogens is 290 g/mol. The van der Waals surface area contributed by atoms with Gasteiger partial charge in [0.05, 0.1) is 33.6 Å². The first kappa shape index (κ1) is 15.4. The predicted octanol–water partition coefficient (Wildman–Crippen LogP) is 2.63. The van der Waals surface area contributed by atoms with Gasteiger partial charge in [-0.1, -0.05) is 0 Å². The zero-order chi connectivity index (χ0) is 15.9. The van der Waals surface area contributed by atoms with Gasteiger partial charge in [0.15, 0.2) is 0 Å². The molecule has 0 aliphatic heterocycles. The number of hydrogen-bond donors (Lipinski definition) is 2. The van der Waals surface area contributed by atoms with Gasteiger partial charge < -0.3 is 11.5 Å². The molecule has 0 spiro atoms. The standard InChI is InChI=1S/C10H4F6N4/c11-9(12,13)5-6(10(14,15)16)8(20)4(2-18)3(1-17)7(5)19/h19-20H2. The number of rotatable bonds is 0. The summed E-state index contributed by atoms with van der Waals surface area (Å²) in [4.78, 5) is 0. The second kappa shape index (κ2) is 4.49.